The minimum Gasteiger partial charge on any atom is -0.481 e. The smallest absolute Gasteiger partial charge is 0.258 e. The number of pyridine rings is 1. The van der Waals surface area contributed by atoms with Crippen LogP contribution in [-0.4, -0.2) is 24.5 Å². The van der Waals surface area contributed by atoms with Crippen LogP contribution in [0.4, 0.5) is 5.69 Å². The maximum Gasteiger partial charge on any atom is 0.258 e. The second-order valence-corrected chi connectivity index (χ2v) is 5.49. The Kier molecular flexibility index (Phi) is 4.96. The first-order valence-corrected chi connectivity index (χ1v) is 7.94. The predicted octanol–water partition coefficient (Wildman–Crippen LogP) is 3.91. The molecule has 0 saturated heterocycles. The number of carbonyl (C=O) groups excluding carboxylic acids is 1. The highest BCUT2D eigenvalue weighted by Crippen LogP contribution is 2.22. The summed E-state index contributed by atoms with van der Waals surface area (Å²) < 4.78 is 5.56. The molecule has 0 N–H and O–H groups in total. The third-order valence-corrected chi connectivity index (χ3v) is 3.85. The van der Waals surface area contributed by atoms with Crippen molar-refractivity contribution in [2.75, 3.05) is 18.6 Å². The van der Waals surface area contributed by atoms with Crippen LogP contribution in [0.25, 0.3) is 10.9 Å². The number of hydrogen-bond acceptors (Lipinski definition) is 3. The highest BCUT2D eigenvalue weighted by atomic mass is 16.5. The van der Waals surface area contributed by atoms with E-state index in [2.05, 4.69) is 16.8 Å². The summed E-state index contributed by atoms with van der Waals surface area (Å²) in [5.74, 6) is 6.23. The average molecular weight is 330 g/mol. The fourth-order valence-corrected chi connectivity index (χ4v) is 2.49. The number of fused-ring (bicyclic) bond motifs is 1. The number of carbonyl (C=O) groups is 1. The predicted molar refractivity (Wildman–Crippen MR) is 99.9 cm³/mol. The summed E-state index contributed by atoms with van der Waals surface area (Å²) in [7, 11) is 1.75. The third kappa shape index (κ3) is 3.78. The van der Waals surface area contributed by atoms with E-state index in [1.165, 1.54) is 0 Å². The Morgan fingerprint density at radius 3 is 2.88 bits per heavy atom. The molecule has 0 aliphatic rings. The van der Waals surface area contributed by atoms with Crippen molar-refractivity contribution in [2.24, 2.45) is 0 Å². The Balaban J connectivity index is 1.83. The summed E-state index contributed by atoms with van der Waals surface area (Å²) in [6.45, 7) is 2.10. The van der Waals surface area contributed by atoms with Crippen molar-refractivity contribution in [1.82, 2.24) is 4.98 Å². The molecule has 3 aromatic rings. The fourth-order valence-electron chi connectivity index (χ4n) is 2.49. The van der Waals surface area contributed by atoms with Crippen molar-refractivity contribution < 1.29 is 9.53 Å². The molecule has 0 bridgehead atoms. The van der Waals surface area contributed by atoms with E-state index in [1.54, 1.807) is 31.1 Å². The molecule has 0 aliphatic heterocycles. The molecule has 25 heavy (non-hydrogen) atoms. The lowest BCUT2D eigenvalue weighted by Crippen LogP contribution is -2.26. The number of amides is 1. The molecule has 0 unspecified atom stereocenters. The lowest BCUT2D eigenvalue weighted by atomic mass is 10.1. The van der Waals surface area contributed by atoms with Gasteiger partial charge in [-0.15, -0.1) is 5.92 Å². The standard InChI is InChI=1S/C21H18N2O2/c1-3-4-13-25-19-9-5-8-18(15-19)23(2)21(24)17-10-11-20-16(14-17)7-6-12-22-20/h5-12,14-15H,13H2,1-2H3. The quantitative estimate of drug-likeness (QED) is 0.681. The summed E-state index contributed by atoms with van der Waals surface area (Å²) in [5.41, 5.74) is 2.25. The SMILES string of the molecule is CC#CCOc1cccc(N(C)C(=O)c2ccc3ncccc3c2)c1. The van der Waals surface area contributed by atoms with Gasteiger partial charge in [-0.2, -0.15) is 0 Å². The zero-order valence-corrected chi connectivity index (χ0v) is 14.2. The molecule has 2 aromatic carbocycles. The molecule has 4 heteroatoms. The number of nitrogens with zero attached hydrogens (tertiary/aromatic N) is 2. The second-order valence-electron chi connectivity index (χ2n) is 5.49. The van der Waals surface area contributed by atoms with E-state index in [-0.39, 0.29) is 5.91 Å². The Morgan fingerprint density at radius 2 is 2.04 bits per heavy atom. The summed E-state index contributed by atoms with van der Waals surface area (Å²) in [6.07, 6.45) is 1.74. The number of aromatic nitrogens is 1. The topological polar surface area (TPSA) is 42.4 Å². The van der Waals surface area contributed by atoms with E-state index in [4.69, 9.17) is 4.74 Å². The minimum atomic E-state index is -0.0868. The van der Waals surface area contributed by atoms with E-state index in [0.29, 0.717) is 17.9 Å². The van der Waals surface area contributed by atoms with Crippen molar-refractivity contribution in [3.63, 3.8) is 0 Å². The van der Waals surface area contributed by atoms with Gasteiger partial charge in [-0.25, -0.2) is 0 Å². The van der Waals surface area contributed by atoms with Gasteiger partial charge in [0.1, 0.15) is 12.4 Å². The first-order valence-electron chi connectivity index (χ1n) is 7.94. The van der Waals surface area contributed by atoms with Crippen LogP contribution in [-0.2, 0) is 0 Å². The lowest BCUT2D eigenvalue weighted by molar-refractivity contribution is 0.0993. The van der Waals surface area contributed by atoms with Gasteiger partial charge in [0.05, 0.1) is 5.52 Å². The van der Waals surface area contributed by atoms with Gasteiger partial charge in [0, 0.05) is 35.9 Å². The van der Waals surface area contributed by atoms with Crippen molar-refractivity contribution in [1.29, 1.82) is 0 Å². The van der Waals surface area contributed by atoms with Crippen LogP contribution in [0.1, 0.15) is 17.3 Å². The molecule has 0 fully saturated rings. The number of anilines is 1. The average Bonchev–Trinajstić information content (AvgIpc) is 2.67. The molecule has 124 valence electrons. The van der Waals surface area contributed by atoms with Crippen molar-refractivity contribution in [2.45, 2.75) is 6.92 Å². The van der Waals surface area contributed by atoms with E-state index >= 15 is 0 Å². The first-order chi connectivity index (χ1) is 12.2. The minimum absolute atomic E-state index is 0.0868. The number of rotatable bonds is 4. The zero-order valence-electron chi connectivity index (χ0n) is 14.2. The van der Waals surface area contributed by atoms with E-state index in [9.17, 15) is 4.79 Å². The van der Waals surface area contributed by atoms with Gasteiger partial charge in [0.2, 0.25) is 0 Å². The maximum atomic E-state index is 12.8. The largest absolute Gasteiger partial charge is 0.481 e. The van der Waals surface area contributed by atoms with Crippen molar-refractivity contribution in [3.8, 4) is 17.6 Å². The monoisotopic (exact) mass is 330 g/mol. The Bertz CT molecular complexity index is 970. The van der Waals surface area contributed by atoms with Gasteiger partial charge in [0.15, 0.2) is 0 Å². The van der Waals surface area contributed by atoms with E-state index < -0.39 is 0 Å². The number of hydrogen-bond donors (Lipinski definition) is 0. The van der Waals surface area contributed by atoms with Crippen LogP contribution >= 0.6 is 0 Å². The second kappa shape index (κ2) is 7.50. The molecular weight excluding hydrogens is 312 g/mol. The normalized spacial score (nSPS) is 10.0. The van der Waals surface area contributed by atoms with E-state index in [0.717, 1.165) is 16.6 Å². The van der Waals surface area contributed by atoms with Crippen LogP contribution < -0.4 is 9.64 Å². The third-order valence-electron chi connectivity index (χ3n) is 3.85. The molecule has 1 heterocycles. The summed E-state index contributed by atoms with van der Waals surface area (Å²) in [4.78, 5) is 18.7. The molecule has 0 saturated carbocycles. The van der Waals surface area contributed by atoms with Gasteiger partial charge in [-0.3, -0.25) is 9.78 Å². The first kappa shape index (κ1) is 16.5. The molecular formula is C21H18N2O2. The Hall–Kier alpha value is -3.32. The van der Waals surface area contributed by atoms with E-state index in [1.807, 2.05) is 48.5 Å². The van der Waals surface area contributed by atoms with Gasteiger partial charge in [0.25, 0.3) is 5.91 Å². The maximum absolute atomic E-state index is 12.8. The molecule has 0 radical (unpaired) electrons. The highest BCUT2D eigenvalue weighted by Gasteiger charge is 2.14. The summed E-state index contributed by atoms with van der Waals surface area (Å²) >= 11 is 0. The van der Waals surface area contributed by atoms with Gasteiger partial charge in [-0.05, 0) is 43.3 Å². The van der Waals surface area contributed by atoms with Crippen LogP contribution in [0, 0.1) is 11.8 Å². The molecule has 3 rings (SSSR count). The molecule has 0 spiro atoms. The molecule has 0 atom stereocenters. The van der Waals surface area contributed by atoms with Crippen LogP contribution in [0.3, 0.4) is 0 Å². The number of benzene rings is 2. The summed E-state index contributed by atoms with van der Waals surface area (Å²) in [5, 5.41) is 0.942. The fraction of sp³-hybridized carbons (Fsp3) is 0.143. The molecule has 0 aliphatic carbocycles. The van der Waals surface area contributed by atoms with Crippen molar-refractivity contribution >= 4 is 22.5 Å². The lowest BCUT2D eigenvalue weighted by Gasteiger charge is -2.18. The highest BCUT2D eigenvalue weighted by molar-refractivity contribution is 6.07. The Labute approximate surface area is 147 Å². The molecule has 4 nitrogen and oxygen atoms in total. The van der Waals surface area contributed by atoms with Crippen LogP contribution in [0.15, 0.2) is 60.8 Å². The van der Waals surface area contributed by atoms with Gasteiger partial charge >= 0.3 is 0 Å². The van der Waals surface area contributed by atoms with Crippen LogP contribution in [0.5, 0.6) is 5.75 Å². The Morgan fingerprint density at radius 1 is 1.16 bits per heavy atom. The summed E-state index contributed by atoms with van der Waals surface area (Å²) in [6, 6.07) is 16.7. The van der Waals surface area contributed by atoms with Gasteiger partial charge in [-0.1, -0.05) is 18.1 Å². The molecule has 1 aromatic heterocycles. The van der Waals surface area contributed by atoms with Crippen molar-refractivity contribution in [3.05, 3.63) is 66.4 Å². The number of ether oxygens (including phenoxy) is 1. The van der Waals surface area contributed by atoms with Crippen LogP contribution in [0.2, 0.25) is 0 Å². The molecule has 1 amide bonds. The van der Waals surface area contributed by atoms with Gasteiger partial charge < -0.3 is 9.64 Å². The zero-order chi connectivity index (χ0) is 17.6.